The highest BCUT2D eigenvalue weighted by atomic mass is 32.2. The van der Waals surface area contributed by atoms with Crippen LogP contribution in [0.5, 0.6) is 0 Å². The molecule has 4 aromatic rings. The van der Waals surface area contributed by atoms with Gasteiger partial charge in [0, 0.05) is 23.8 Å². The first kappa shape index (κ1) is 29.6. The Morgan fingerprint density at radius 3 is 2.40 bits per heavy atom. The molecule has 0 radical (unpaired) electrons. The highest BCUT2D eigenvalue weighted by Gasteiger charge is 2.39. The number of aryl methyl sites for hydroxylation is 1. The number of nitrogens with one attached hydrogen (secondary N) is 2. The van der Waals surface area contributed by atoms with Crippen molar-refractivity contribution in [1.82, 2.24) is 24.8 Å². The van der Waals surface area contributed by atoms with Crippen molar-refractivity contribution in [2.75, 3.05) is 24.1 Å². The topological polar surface area (TPSA) is 113 Å². The van der Waals surface area contributed by atoms with Crippen LogP contribution < -0.4 is 10.0 Å². The molecule has 42 heavy (non-hydrogen) atoms. The number of aromatic nitrogens is 4. The normalized spacial score (nSPS) is 17.9. The number of fused-ring (bicyclic) bond motifs is 1. The molecular formula is C28H29F4N7O2S. The largest absolute Gasteiger partial charge is 0.434 e. The van der Waals surface area contributed by atoms with E-state index >= 15 is 4.39 Å². The molecule has 1 aromatic carbocycles. The number of rotatable bonds is 7. The average molecular weight is 604 g/mol. The highest BCUT2D eigenvalue weighted by Crippen LogP contribution is 2.34. The monoisotopic (exact) mass is 603 g/mol. The van der Waals surface area contributed by atoms with Crippen LogP contribution in [0.25, 0.3) is 22.3 Å². The van der Waals surface area contributed by atoms with E-state index in [1.807, 2.05) is 11.6 Å². The summed E-state index contributed by atoms with van der Waals surface area (Å²) in [5.74, 6) is -0.480. The minimum atomic E-state index is -5.01. The van der Waals surface area contributed by atoms with Crippen LogP contribution >= 0.6 is 0 Å². The molecule has 1 fully saturated rings. The maximum atomic E-state index is 15.0. The summed E-state index contributed by atoms with van der Waals surface area (Å²) in [4.78, 5) is 17.9. The molecule has 1 saturated carbocycles. The van der Waals surface area contributed by atoms with Crippen LogP contribution in [-0.2, 0) is 16.2 Å². The van der Waals surface area contributed by atoms with Crippen molar-refractivity contribution in [1.29, 1.82) is 0 Å². The summed E-state index contributed by atoms with van der Waals surface area (Å²) in [6.45, 7) is 1.84. The van der Waals surface area contributed by atoms with Gasteiger partial charge in [0.2, 0.25) is 5.95 Å². The molecule has 5 rings (SSSR count). The maximum absolute atomic E-state index is 15.0. The van der Waals surface area contributed by atoms with Gasteiger partial charge in [-0.2, -0.15) is 13.2 Å². The van der Waals surface area contributed by atoms with Crippen molar-refractivity contribution in [3.05, 3.63) is 65.9 Å². The van der Waals surface area contributed by atoms with Crippen molar-refractivity contribution >= 4 is 32.7 Å². The number of halogens is 4. The Hall–Kier alpha value is -3.91. The van der Waals surface area contributed by atoms with Crippen molar-refractivity contribution in [3.8, 4) is 11.3 Å². The molecule has 1 aliphatic carbocycles. The number of hydrogen-bond donors (Lipinski definition) is 2. The maximum Gasteiger partial charge on any atom is 0.434 e. The fourth-order valence-corrected chi connectivity index (χ4v) is 6.34. The van der Waals surface area contributed by atoms with Gasteiger partial charge >= 0.3 is 6.18 Å². The second-order valence-corrected chi connectivity index (χ2v) is 12.2. The molecule has 14 heteroatoms. The summed E-state index contributed by atoms with van der Waals surface area (Å²) in [5.41, 5.74) is 0.519. The number of benzene rings is 1. The third-order valence-electron chi connectivity index (χ3n) is 7.34. The molecule has 3 aromatic heterocycles. The highest BCUT2D eigenvalue weighted by molar-refractivity contribution is 7.92. The van der Waals surface area contributed by atoms with Gasteiger partial charge in [0.15, 0.2) is 5.69 Å². The Balaban J connectivity index is 1.35. The summed E-state index contributed by atoms with van der Waals surface area (Å²) in [6.07, 6.45) is 1.63. The van der Waals surface area contributed by atoms with E-state index in [4.69, 9.17) is 0 Å². The Bertz CT molecular complexity index is 1720. The predicted octanol–water partition coefficient (Wildman–Crippen LogP) is 5.64. The molecule has 0 bridgehead atoms. The van der Waals surface area contributed by atoms with Crippen molar-refractivity contribution in [2.45, 2.75) is 55.8 Å². The van der Waals surface area contributed by atoms with Crippen molar-refractivity contribution in [2.24, 2.45) is 0 Å². The van der Waals surface area contributed by atoms with E-state index in [1.54, 1.807) is 12.3 Å². The molecule has 0 spiro atoms. The van der Waals surface area contributed by atoms with Gasteiger partial charge in [0.25, 0.3) is 10.0 Å². The molecular weight excluding hydrogens is 574 g/mol. The van der Waals surface area contributed by atoms with E-state index < -0.39 is 38.3 Å². The second-order valence-electron chi connectivity index (χ2n) is 10.5. The van der Waals surface area contributed by atoms with Gasteiger partial charge in [-0.15, -0.1) is 0 Å². The minimum absolute atomic E-state index is 0.281. The predicted molar refractivity (Wildman–Crippen MR) is 151 cm³/mol. The fraction of sp³-hybridized carbons (Fsp3) is 0.357. The Morgan fingerprint density at radius 2 is 1.74 bits per heavy atom. The first-order valence-corrected chi connectivity index (χ1v) is 14.7. The van der Waals surface area contributed by atoms with E-state index in [1.165, 1.54) is 6.07 Å². The van der Waals surface area contributed by atoms with E-state index in [-0.39, 0.29) is 6.04 Å². The first-order valence-electron chi connectivity index (χ1n) is 13.2. The average Bonchev–Trinajstić information content (AvgIpc) is 2.94. The molecule has 1 aliphatic rings. The molecule has 0 atom stereocenters. The van der Waals surface area contributed by atoms with E-state index in [9.17, 15) is 21.6 Å². The molecule has 9 nitrogen and oxygen atoms in total. The Kier molecular flexibility index (Phi) is 8.03. The fourth-order valence-electron chi connectivity index (χ4n) is 5.10. The van der Waals surface area contributed by atoms with E-state index in [0.717, 1.165) is 61.7 Å². The smallest absolute Gasteiger partial charge is 0.351 e. The Labute approximate surface area is 240 Å². The number of anilines is 2. The SMILES string of the molecule is Cc1cc(-c2ccc(NS(=O)(=O)c3cccnc3C(F)(F)F)c(F)c2)nc2cnc(N[C@H]3CC[C@H](N(C)C)CC3)nc12. The van der Waals surface area contributed by atoms with Gasteiger partial charge < -0.3 is 10.2 Å². The second kappa shape index (κ2) is 11.4. The van der Waals surface area contributed by atoms with Crippen LogP contribution in [0.2, 0.25) is 0 Å². The summed E-state index contributed by atoms with van der Waals surface area (Å²) in [7, 11) is -0.605. The Morgan fingerprint density at radius 1 is 1.00 bits per heavy atom. The lowest BCUT2D eigenvalue weighted by atomic mass is 9.91. The zero-order valence-electron chi connectivity index (χ0n) is 23.1. The molecule has 3 heterocycles. The van der Waals surface area contributed by atoms with Gasteiger partial charge in [-0.25, -0.2) is 27.8 Å². The van der Waals surface area contributed by atoms with E-state index in [0.29, 0.717) is 34.3 Å². The van der Waals surface area contributed by atoms with Gasteiger partial charge in [-0.3, -0.25) is 9.71 Å². The van der Waals surface area contributed by atoms with Gasteiger partial charge in [-0.05, 0) is 82.6 Å². The third kappa shape index (κ3) is 6.28. The molecule has 0 saturated heterocycles. The van der Waals surface area contributed by atoms with Crippen LogP contribution in [0.15, 0.2) is 53.7 Å². The number of nitrogens with zero attached hydrogens (tertiary/aromatic N) is 5. The zero-order chi connectivity index (χ0) is 30.2. The molecule has 0 amide bonds. The standard InChI is InChI=1S/C28H29F4N7O2S/c1-16-13-22(36-23-15-34-27(37-25(16)23)35-18-7-9-19(10-8-18)39(2)3)17-6-11-21(20(29)14-17)38-42(40,41)24-5-4-12-33-26(24)28(30,31)32/h4-6,11-15,18-19,38H,7-10H2,1-3H3,(H,34,35,37)/t18-,19-. The lowest BCUT2D eigenvalue weighted by molar-refractivity contribution is -0.143. The lowest BCUT2D eigenvalue weighted by Crippen LogP contribution is -2.36. The minimum Gasteiger partial charge on any atom is -0.351 e. The molecule has 0 aliphatic heterocycles. The van der Waals surface area contributed by atoms with Crippen molar-refractivity contribution in [3.63, 3.8) is 0 Å². The number of alkyl halides is 3. The summed E-state index contributed by atoms with van der Waals surface area (Å²) in [6, 6.07) is 7.99. The number of pyridine rings is 2. The summed E-state index contributed by atoms with van der Waals surface area (Å²) >= 11 is 0. The van der Waals surface area contributed by atoms with Gasteiger partial charge in [-0.1, -0.05) is 6.07 Å². The molecule has 2 N–H and O–H groups in total. The van der Waals surface area contributed by atoms with Crippen molar-refractivity contribution < 1.29 is 26.0 Å². The van der Waals surface area contributed by atoms with Crippen LogP contribution in [0, 0.1) is 12.7 Å². The zero-order valence-corrected chi connectivity index (χ0v) is 23.9. The number of sulfonamides is 1. The molecule has 222 valence electrons. The van der Waals surface area contributed by atoms with E-state index in [2.05, 4.69) is 44.2 Å². The quantitative estimate of drug-likeness (QED) is 0.261. The van der Waals surface area contributed by atoms with Crippen LogP contribution in [0.4, 0.5) is 29.2 Å². The van der Waals surface area contributed by atoms with Gasteiger partial charge in [0.1, 0.15) is 16.2 Å². The van der Waals surface area contributed by atoms with Gasteiger partial charge in [0.05, 0.1) is 23.1 Å². The third-order valence-corrected chi connectivity index (χ3v) is 8.73. The summed E-state index contributed by atoms with van der Waals surface area (Å²) < 4.78 is 82.2. The van der Waals surface area contributed by atoms with Crippen LogP contribution in [-0.4, -0.2) is 59.4 Å². The first-order chi connectivity index (χ1) is 19.8. The number of hydrogen-bond acceptors (Lipinski definition) is 8. The lowest BCUT2D eigenvalue weighted by Gasteiger charge is -2.32. The molecule has 0 unspecified atom stereocenters. The van der Waals surface area contributed by atoms with Crippen LogP contribution in [0.3, 0.4) is 0 Å². The summed E-state index contributed by atoms with van der Waals surface area (Å²) in [5, 5.41) is 3.42. The van der Waals surface area contributed by atoms with Crippen LogP contribution in [0.1, 0.15) is 36.9 Å².